The number of carbonyl (C=O) groups excluding carboxylic acids is 2. The molecule has 1 amide bonds. The number of carbonyl (C=O) groups is 2. The number of halogens is 2. The summed E-state index contributed by atoms with van der Waals surface area (Å²) >= 11 is 7.06. The third-order valence-corrected chi connectivity index (χ3v) is 10.2. The van der Waals surface area contributed by atoms with E-state index in [1.54, 1.807) is 36.6 Å². The molecule has 0 unspecified atom stereocenters. The molecule has 1 aliphatic heterocycles. The highest BCUT2D eigenvalue weighted by Crippen LogP contribution is 2.33. The number of rotatable bonds is 11. The molecule has 0 spiro atoms. The summed E-state index contributed by atoms with van der Waals surface area (Å²) in [4.78, 5) is 45.7. The minimum absolute atomic E-state index is 0.236. The van der Waals surface area contributed by atoms with Gasteiger partial charge >= 0.3 is 5.97 Å². The molecule has 4 aromatic carbocycles. The number of esters is 1. The quantitative estimate of drug-likeness (QED) is 0.110. The van der Waals surface area contributed by atoms with Crippen LogP contribution >= 0.6 is 49.9 Å². The molecule has 260 valence electrons. The Balaban J connectivity index is 1.40. The van der Waals surface area contributed by atoms with Crippen LogP contribution in [0, 0.1) is 3.57 Å². The smallest absolute Gasteiger partial charge is 0.338 e. The van der Waals surface area contributed by atoms with Gasteiger partial charge in [-0.05, 0) is 109 Å². The van der Waals surface area contributed by atoms with Crippen LogP contribution in [0.15, 0.2) is 117 Å². The molecule has 0 saturated heterocycles. The largest absolute Gasteiger partial charge is 0.494 e. The zero-order valence-electron chi connectivity index (χ0n) is 27.9. The second-order valence-corrected chi connectivity index (χ2v) is 14.5. The highest BCUT2D eigenvalue weighted by atomic mass is 127. The van der Waals surface area contributed by atoms with Crippen molar-refractivity contribution in [1.82, 2.24) is 4.57 Å². The number of hydrogen-bond donors (Lipinski definition) is 1. The molecular weight excluding hydrogens is 845 g/mol. The Morgan fingerprint density at radius 1 is 0.980 bits per heavy atom. The van der Waals surface area contributed by atoms with Crippen molar-refractivity contribution >= 4 is 73.5 Å². The summed E-state index contributed by atoms with van der Waals surface area (Å²) in [5, 5.41) is 2.99. The minimum atomic E-state index is -0.737. The van der Waals surface area contributed by atoms with E-state index >= 15 is 0 Å². The van der Waals surface area contributed by atoms with Crippen molar-refractivity contribution in [2.45, 2.75) is 33.4 Å². The van der Waals surface area contributed by atoms with Crippen molar-refractivity contribution < 1.29 is 23.8 Å². The summed E-state index contributed by atoms with van der Waals surface area (Å²) in [6.07, 6.45) is 1.80. The summed E-state index contributed by atoms with van der Waals surface area (Å²) in [5.74, 6) is 0.570. The third kappa shape index (κ3) is 8.18. The average molecular weight is 879 g/mol. The maximum absolute atomic E-state index is 14.4. The lowest BCUT2D eigenvalue weighted by Gasteiger charge is -2.25. The number of benzene rings is 4. The number of amides is 1. The van der Waals surface area contributed by atoms with Gasteiger partial charge in [0.25, 0.3) is 11.5 Å². The summed E-state index contributed by atoms with van der Waals surface area (Å²) < 4.78 is 20.8. The Kier molecular flexibility index (Phi) is 11.5. The Morgan fingerprint density at radius 2 is 1.71 bits per heavy atom. The molecule has 0 saturated carbocycles. The van der Waals surface area contributed by atoms with E-state index in [1.807, 2.05) is 85.8 Å². The van der Waals surface area contributed by atoms with Gasteiger partial charge < -0.3 is 19.5 Å². The third-order valence-electron chi connectivity index (χ3n) is 7.98. The maximum atomic E-state index is 14.4. The molecule has 1 aliphatic rings. The van der Waals surface area contributed by atoms with Crippen LogP contribution in [-0.2, 0) is 16.1 Å². The molecule has 0 aliphatic carbocycles. The van der Waals surface area contributed by atoms with Crippen molar-refractivity contribution in [2.24, 2.45) is 4.99 Å². The van der Waals surface area contributed by atoms with Gasteiger partial charge in [-0.3, -0.25) is 14.2 Å². The fourth-order valence-corrected chi connectivity index (χ4v) is 8.39. The number of thiazole rings is 1. The first-order chi connectivity index (χ1) is 24.7. The number of para-hydroxylation sites is 1. The van der Waals surface area contributed by atoms with Crippen LogP contribution in [0.25, 0.3) is 6.08 Å². The number of aromatic nitrogens is 1. The predicted molar refractivity (Wildman–Crippen MR) is 210 cm³/mol. The number of allylic oxidation sites excluding steroid dienone is 1. The van der Waals surface area contributed by atoms with Crippen LogP contribution in [0.5, 0.6) is 11.5 Å². The average Bonchev–Trinajstić information content (AvgIpc) is 3.42. The number of hydrogen-bond acceptors (Lipinski definition) is 8. The van der Waals surface area contributed by atoms with Gasteiger partial charge in [0.1, 0.15) is 18.1 Å². The van der Waals surface area contributed by atoms with Gasteiger partial charge in [-0.15, -0.1) is 0 Å². The molecule has 1 atom stereocenters. The van der Waals surface area contributed by atoms with Crippen molar-refractivity contribution in [1.29, 1.82) is 0 Å². The Morgan fingerprint density at radius 3 is 2.39 bits per heavy atom. The van der Waals surface area contributed by atoms with E-state index < -0.39 is 6.04 Å². The topological polar surface area (TPSA) is 108 Å². The first kappa shape index (κ1) is 36.3. The summed E-state index contributed by atoms with van der Waals surface area (Å²) in [5.41, 5.74) is 4.00. The molecule has 0 fully saturated rings. The van der Waals surface area contributed by atoms with Crippen LogP contribution < -0.4 is 29.7 Å². The zero-order chi connectivity index (χ0) is 36.1. The highest BCUT2D eigenvalue weighted by molar-refractivity contribution is 14.1. The van der Waals surface area contributed by atoms with Crippen LogP contribution in [0.2, 0.25) is 0 Å². The molecule has 1 N–H and O–H groups in total. The van der Waals surface area contributed by atoms with Gasteiger partial charge in [-0.1, -0.05) is 69.7 Å². The first-order valence-corrected chi connectivity index (χ1v) is 18.8. The molecule has 0 bridgehead atoms. The maximum Gasteiger partial charge on any atom is 0.338 e. The number of fused-ring (bicyclic) bond motifs is 1. The van der Waals surface area contributed by atoms with E-state index in [-0.39, 0.29) is 24.0 Å². The molecule has 12 heteroatoms. The van der Waals surface area contributed by atoms with Crippen LogP contribution in [-0.4, -0.2) is 29.7 Å². The van der Waals surface area contributed by atoms with Crippen molar-refractivity contribution in [3.8, 4) is 11.5 Å². The lowest BCUT2D eigenvalue weighted by atomic mass is 9.95. The fraction of sp³-hybridized carbons (Fsp3) is 0.179. The Bertz CT molecular complexity index is 2300. The van der Waals surface area contributed by atoms with E-state index in [2.05, 4.69) is 43.8 Å². The Labute approximate surface area is 320 Å². The van der Waals surface area contributed by atoms with Crippen molar-refractivity contribution in [3.05, 3.63) is 152 Å². The number of nitrogens with zero attached hydrogens (tertiary/aromatic N) is 2. The molecule has 2 heterocycles. The second kappa shape index (κ2) is 16.2. The highest BCUT2D eigenvalue weighted by Gasteiger charge is 2.32. The Hall–Kier alpha value is -4.53. The van der Waals surface area contributed by atoms with Crippen LogP contribution in [0.4, 0.5) is 5.69 Å². The fourth-order valence-electron chi connectivity index (χ4n) is 5.65. The van der Waals surface area contributed by atoms with Gasteiger partial charge in [0.2, 0.25) is 0 Å². The van der Waals surface area contributed by atoms with Gasteiger partial charge in [0.15, 0.2) is 4.80 Å². The first-order valence-electron chi connectivity index (χ1n) is 16.2. The van der Waals surface area contributed by atoms with Gasteiger partial charge in [0.05, 0.1) is 44.2 Å². The zero-order valence-corrected chi connectivity index (χ0v) is 32.5. The van der Waals surface area contributed by atoms with Crippen molar-refractivity contribution in [3.63, 3.8) is 0 Å². The normalized spacial score (nSPS) is 14.1. The summed E-state index contributed by atoms with van der Waals surface area (Å²) in [6.45, 7) is 6.53. The van der Waals surface area contributed by atoms with Crippen molar-refractivity contribution in [2.75, 3.05) is 18.5 Å². The van der Waals surface area contributed by atoms with E-state index in [0.717, 1.165) is 19.2 Å². The monoisotopic (exact) mass is 877 g/mol. The lowest BCUT2D eigenvalue weighted by molar-refractivity contribution is -0.113. The number of anilines is 1. The standard InChI is InChI=1S/C39H33BrIN3O6S/c1-4-48-30-17-15-25(16-18-30)34-33(36(45)43-29-9-7-6-8-10-29)23(3)42-39-44(34)37(46)32(51-39)20-27-19-28(40)21-31(41)35(27)50-22-24-11-13-26(14-12-24)38(47)49-5-2/h6-21,34H,4-5,22H2,1-3H3,(H,43,45)/b32-20-/t34-/m1/s1. The molecule has 51 heavy (non-hydrogen) atoms. The second-order valence-electron chi connectivity index (χ2n) is 11.4. The van der Waals surface area contributed by atoms with E-state index in [0.29, 0.717) is 62.1 Å². The minimum Gasteiger partial charge on any atom is -0.494 e. The number of ether oxygens (including phenoxy) is 3. The lowest BCUT2D eigenvalue weighted by Crippen LogP contribution is -2.40. The van der Waals surface area contributed by atoms with E-state index in [9.17, 15) is 14.4 Å². The predicted octanol–water partition coefficient (Wildman–Crippen LogP) is 7.40. The molecule has 6 rings (SSSR count). The molecular formula is C39H33BrIN3O6S. The van der Waals surface area contributed by atoms with Gasteiger partial charge in [-0.2, -0.15) is 0 Å². The molecule has 5 aromatic rings. The van der Waals surface area contributed by atoms with E-state index in [1.165, 1.54) is 11.3 Å². The molecule has 0 radical (unpaired) electrons. The molecule has 9 nitrogen and oxygen atoms in total. The SMILES string of the molecule is CCOC(=O)c1ccc(COc2c(I)cc(Br)cc2/C=c2\sc3n(c2=O)[C@H](c2ccc(OCC)cc2)C(C(=O)Nc2ccccc2)=C(C)N=3)cc1. The van der Waals surface area contributed by atoms with Gasteiger partial charge in [-0.25, -0.2) is 9.79 Å². The molecule has 1 aromatic heterocycles. The van der Waals surface area contributed by atoms with Crippen LogP contribution in [0.1, 0.15) is 53.9 Å². The van der Waals surface area contributed by atoms with Gasteiger partial charge in [0, 0.05) is 15.7 Å². The van der Waals surface area contributed by atoms with Crippen LogP contribution in [0.3, 0.4) is 0 Å². The summed E-state index contributed by atoms with van der Waals surface area (Å²) in [7, 11) is 0. The summed E-state index contributed by atoms with van der Waals surface area (Å²) in [6, 6.07) is 26.8. The van der Waals surface area contributed by atoms with E-state index in [4.69, 9.17) is 19.2 Å². The number of nitrogens with one attached hydrogen (secondary N) is 1.